The Balaban J connectivity index is 2.08. The standard InChI is InChI=1S/C13H14Br2FNO/c14-3-1-9-2-4-17(8-9)13(18)10-5-11(15)7-12(16)6-10/h5-7,9H,1-4,8H2. The summed E-state index contributed by atoms with van der Waals surface area (Å²) in [6.07, 6.45) is 2.12. The van der Waals surface area contributed by atoms with E-state index >= 15 is 0 Å². The highest BCUT2D eigenvalue weighted by atomic mass is 79.9. The van der Waals surface area contributed by atoms with E-state index in [2.05, 4.69) is 31.9 Å². The molecule has 5 heteroatoms. The number of rotatable bonds is 3. The summed E-state index contributed by atoms with van der Waals surface area (Å²) in [5.74, 6) is 0.0986. The quantitative estimate of drug-likeness (QED) is 0.732. The summed E-state index contributed by atoms with van der Waals surface area (Å²) < 4.78 is 13.9. The van der Waals surface area contributed by atoms with Gasteiger partial charge in [0.1, 0.15) is 5.82 Å². The first kappa shape index (κ1) is 14.0. The molecule has 0 aromatic heterocycles. The minimum absolute atomic E-state index is 0.0766. The summed E-state index contributed by atoms with van der Waals surface area (Å²) >= 11 is 6.63. The van der Waals surface area contributed by atoms with Crippen LogP contribution in [-0.2, 0) is 0 Å². The van der Waals surface area contributed by atoms with Gasteiger partial charge in [0.25, 0.3) is 5.91 Å². The second-order valence-corrected chi connectivity index (χ2v) is 6.25. The molecule has 2 nitrogen and oxygen atoms in total. The predicted molar refractivity (Wildman–Crippen MR) is 76.5 cm³/mol. The van der Waals surface area contributed by atoms with Crippen LogP contribution in [0, 0.1) is 11.7 Å². The molecule has 0 aliphatic carbocycles. The fraction of sp³-hybridized carbons (Fsp3) is 0.462. The molecule has 1 aromatic rings. The molecular weight excluding hydrogens is 365 g/mol. The third kappa shape index (κ3) is 3.32. The Morgan fingerprint density at radius 3 is 2.89 bits per heavy atom. The van der Waals surface area contributed by atoms with Crippen molar-refractivity contribution in [3.05, 3.63) is 34.1 Å². The number of nitrogens with zero attached hydrogens (tertiary/aromatic N) is 1. The number of carbonyl (C=O) groups excluding carboxylic acids is 1. The molecule has 1 fully saturated rings. The summed E-state index contributed by atoms with van der Waals surface area (Å²) in [5.41, 5.74) is 0.418. The molecule has 0 bridgehead atoms. The zero-order valence-electron chi connectivity index (χ0n) is 9.83. The van der Waals surface area contributed by atoms with Crippen molar-refractivity contribution in [2.75, 3.05) is 18.4 Å². The minimum Gasteiger partial charge on any atom is -0.338 e. The van der Waals surface area contributed by atoms with E-state index < -0.39 is 0 Å². The van der Waals surface area contributed by atoms with E-state index in [9.17, 15) is 9.18 Å². The highest BCUT2D eigenvalue weighted by Crippen LogP contribution is 2.23. The third-order valence-corrected chi connectivity index (χ3v) is 4.12. The van der Waals surface area contributed by atoms with Gasteiger partial charge in [-0.25, -0.2) is 4.39 Å². The average Bonchev–Trinajstić information content (AvgIpc) is 2.76. The van der Waals surface area contributed by atoms with E-state index in [1.54, 1.807) is 6.07 Å². The molecule has 1 aliphatic heterocycles. The molecular formula is C13H14Br2FNO. The van der Waals surface area contributed by atoms with Gasteiger partial charge in [-0.1, -0.05) is 31.9 Å². The SMILES string of the molecule is O=C(c1cc(F)cc(Br)c1)N1CCC(CCBr)C1. The zero-order chi connectivity index (χ0) is 13.1. The lowest BCUT2D eigenvalue weighted by molar-refractivity contribution is 0.0786. The number of likely N-dealkylation sites (tertiary alicyclic amines) is 1. The first-order valence-corrected chi connectivity index (χ1v) is 7.83. The van der Waals surface area contributed by atoms with Crippen LogP contribution in [0.4, 0.5) is 4.39 Å². The van der Waals surface area contributed by atoms with Gasteiger partial charge >= 0.3 is 0 Å². The third-order valence-electron chi connectivity index (χ3n) is 3.20. The van der Waals surface area contributed by atoms with E-state index in [4.69, 9.17) is 0 Å². The van der Waals surface area contributed by atoms with Crippen LogP contribution in [0.25, 0.3) is 0 Å². The lowest BCUT2D eigenvalue weighted by atomic mass is 10.1. The number of alkyl halides is 1. The Bertz CT molecular complexity index is 432. The van der Waals surface area contributed by atoms with Crippen LogP contribution in [0.2, 0.25) is 0 Å². The molecule has 0 radical (unpaired) electrons. The minimum atomic E-state index is -0.385. The Kier molecular flexibility index (Phi) is 4.78. The Hall–Kier alpha value is -0.420. The molecule has 18 heavy (non-hydrogen) atoms. The second-order valence-electron chi connectivity index (χ2n) is 4.54. The largest absolute Gasteiger partial charge is 0.338 e. The lowest BCUT2D eigenvalue weighted by Gasteiger charge is -2.16. The van der Waals surface area contributed by atoms with Crippen molar-refractivity contribution in [3.63, 3.8) is 0 Å². The summed E-state index contributed by atoms with van der Waals surface area (Å²) in [5, 5.41) is 0.964. The van der Waals surface area contributed by atoms with Gasteiger partial charge in [0.15, 0.2) is 0 Å². The summed E-state index contributed by atoms with van der Waals surface area (Å²) in [6.45, 7) is 1.54. The number of hydrogen-bond donors (Lipinski definition) is 0. The predicted octanol–water partition coefficient (Wildman–Crippen LogP) is 3.84. The van der Waals surface area contributed by atoms with Gasteiger partial charge in [0, 0.05) is 28.5 Å². The topological polar surface area (TPSA) is 20.3 Å². The Morgan fingerprint density at radius 1 is 1.44 bits per heavy atom. The lowest BCUT2D eigenvalue weighted by Crippen LogP contribution is -2.28. The van der Waals surface area contributed by atoms with E-state index in [-0.39, 0.29) is 11.7 Å². The molecule has 1 saturated heterocycles. The van der Waals surface area contributed by atoms with Crippen molar-refractivity contribution in [3.8, 4) is 0 Å². The van der Waals surface area contributed by atoms with Gasteiger partial charge in [-0.2, -0.15) is 0 Å². The normalized spacial score (nSPS) is 19.3. The first-order valence-electron chi connectivity index (χ1n) is 5.91. The van der Waals surface area contributed by atoms with Crippen LogP contribution in [-0.4, -0.2) is 29.2 Å². The molecule has 1 atom stereocenters. The van der Waals surface area contributed by atoms with Crippen molar-refractivity contribution in [2.24, 2.45) is 5.92 Å². The fourth-order valence-electron chi connectivity index (χ4n) is 2.27. The van der Waals surface area contributed by atoms with Gasteiger partial charge < -0.3 is 4.90 Å². The molecule has 1 aromatic carbocycles. The van der Waals surface area contributed by atoms with Crippen molar-refractivity contribution >= 4 is 37.8 Å². The Labute approximate surface area is 123 Å². The molecule has 1 amide bonds. The van der Waals surface area contributed by atoms with Crippen molar-refractivity contribution in [1.29, 1.82) is 0 Å². The van der Waals surface area contributed by atoms with E-state index in [0.29, 0.717) is 16.0 Å². The summed E-state index contributed by atoms with van der Waals surface area (Å²) in [6, 6.07) is 4.32. The van der Waals surface area contributed by atoms with Crippen LogP contribution in [0.3, 0.4) is 0 Å². The van der Waals surface area contributed by atoms with Crippen molar-refractivity contribution in [2.45, 2.75) is 12.8 Å². The maximum atomic E-state index is 13.3. The van der Waals surface area contributed by atoms with Crippen LogP contribution in [0.15, 0.2) is 22.7 Å². The fourth-order valence-corrected chi connectivity index (χ4v) is 3.38. The maximum absolute atomic E-state index is 13.3. The van der Waals surface area contributed by atoms with Gasteiger partial charge in [0.05, 0.1) is 0 Å². The van der Waals surface area contributed by atoms with Gasteiger partial charge in [0.2, 0.25) is 0 Å². The van der Waals surface area contributed by atoms with Crippen molar-refractivity contribution < 1.29 is 9.18 Å². The van der Waals surface area contributed by atoms with E-state index in [0.717, 1.165) is 31.3 Å². The highest BCUT2D eigenvalue weighted by Gasteiger charge is 2.26. The first-order chi connectivity index (χ1) is 8.60. The smallest absolute Gasteiger partial charge is 0.254 e. The Morgan fingerprint density at radius 2 is 2.22 bits per heavy atom. The molecule has 1 aliphatic rings. The number of benzene rings is 1. The number of amides is 1. The van der Waals surface area contributed by atoms with Crippen LogP contribution >= 0.6 is 31.9 Å². The molecule has 1 heterocycles. The monoisotopic (exact) mass is 377 g/mol. The maximum Gasteiger partial charge on any atom is 0.254 e. The average molecular weight is 379 g/mol. The molecule has 0 spiro atoms. The number of hydrogen-bond acceptors (Lipinski definition) is 1. The highest BCUT2D eigenvalue weighted by molar-refractivity contribution is 9.10. The van der Waals surface area contributed by atoms with E-state index in [1.807, 2.05) is 4.90 Å². The van der Waals surface area contributed by atoms with Crippen LogP contribution in [0.1, 0.15) is 23.2 Å². The van der Waals surface area contributed by atoms with Crippen LogP contribution in [0.5, 0.6) is 0 Å². The van der Waals surface area contributed by atoms with Gasteiger partial charge in [-0.05, 0) is 37.0 Å². The van der Waals surface area contributed by atoms with Crippen LogP contribution < -0.4 is 0 Å². The molecule has 0 N–H and O–H groups in total. The number of halogens is 3. The molecule has 2 rings (SSSR count). The summed E-state index contributed by atoms with van der Waals surface area (Å²) in [4.78, 5) is 14.0. The number of carbonyl (C=O) groups is 1. The second kappa shape index (κ2) is 6.15. The van der Waals surface area contributed by atoms with Crippen molar-refractivity contribution in [1.82, 2.24) is 4.90 Å². The van der Waals surface area contributed by atoms with Gasteiger partial charge in [-0.3, -0.25) is 4.79 Å². The van der Waals surface area contributed by atoms with Gasteiger partial charge in [-0.15, -0.1) is 0 Å². The molecule has 98 valence electrons. The van der Waals surface area contributed by atoms with E-state index in [1.165, 1.54) is 12.1 Å². The molecule has 0 saturated carbocycles. The zero-order valence-corrected chi connectivity index (χ0v) is 13.0. The molecule has 1 unspecified atom stereocenters. The summed E-state index contributed by atoms with van der Waals surface area (Å²) in [7, 11) is 0.